The van der Waals surface area contributed by atoms with Crippen LogP contribution in [0.2, 0.25) is 0 Å². The van der Waals surface area contributed by atoms with Crippen LogP contribution in [0.1, 0.15) is 6.92 Å². The average Bonchev–Trinajstić information content (AvgIpc) is 1.25. The van der Waals surface area contributed by atoms with Crippen LogP contribution in [0.4, 0.5) is 4.79 Å². The molecule has 0 rings (SSSR count). The van der Waals surface area contributed by atoms with Crippen LogP contribution in [-0.2, 0) is 4.79 Å². The predicted molar refractivity (Wildman–Crippen MR) is 18.7 cm³/mol. The molecular weight excluding hydrogens is 178 g/mol. The van der Waals surface area contributed by atoms with E-state index >= 15 is 0 Å². The summed E-state index contributed by atoms with van der Waals surface area (Å²) >= 11 is 0. The van der Waals surface area contributed by atoms with Gasteiger partial charge in [0.15, 0.2) is 0 Å². The molecule has 0 bridgehead atoms. The maximum atomic E-state index is 8.89. The van der Waals surface area contributed by atoms with Gasteiger partial charge in [0.2, 0.25) is 6.16 Å². The molecule has 0 unspecified atom stereocenters. The number of hydrogen-bond donors (Lipinski definition) is 1. The summed E-state index contributed by atoms with van der Waals surface area (Å²) in [6.45, 7) is 0.972. The van der Waals surface area contributed by atoms with Gasteiger partial charge in [-0.05, 0) is 6.92 Å². The summed E-state index contributed by atoms with van der Waals surface area (Å²) in [6.07, 6.45) is -2.08. The van der Waals surface area contributed by atoms with Crippen molar-refractivity contribution in [1.82, 2.24) is 0 Å². The van der Waals surface area contributed by atoms with Crippen LogP contribution in [0.3, 0.4) is 0 Å². The number of carboxylic acid groups (broad SMARTS) is 3. The molecule has 10 heavy (non-hydrogen) atoms. The smallest absolute Gasteiger partial charge is 0.565 e. The van der Waals surface area contributed by atoms with Crippen LogP contribution in [-0.4, -0.2) is 17.2 Å². The van der Waals surface area contributed by atoms with E-state index in [1.54, 1.807) is 0 Å². The van der Waals surface area contributed by atoms with Gasteiger partial charge in [0.1, 0.15) is 0 Å². The van der Waals surface area contributed by atoms with Crippen molar-refractivity contribution in [3.63, 3.8) is 0 Å². The molecule has 1 N–H and O–H groups in total. The van der Waals surface area contributed by atoms with Gasteiger partial charge in [-0.3, -0.25) is 0 Å². The molecule has 7 heteroatoms. The molecule has 0 saturated carbocycles. The van der Waals surface area contributed by atoms with Crippen molar-refractivity contribution < 1.29 is 106 Å². The van der Waals surface area contributed by atoms with Crippen LogP contribution in [0.5, 0.6) is 0 Å². The van der Waals surface area contributed by atoms with Gasteiger partial charge in [-0.2, -0.15) is 0 Å². The molecule has 0 aliphatic rings. The second-order valence-corrected chi connectivity index (χ2v) is 0.757. The van der Waals surface area contributed by atoms with Crippen molar-refractivity contribution in [2.24, 2.45) is 0 Å². The summed E-state index contributed by atoms with van der Waals surface area (Å²) in [7, 11) is 0. The number of hydrogen-bond acceptors (Lipinski definition) is 4. The fourth-order valence-electron chi connectivity index (χ4n) is 0. The Kier molecular flexibility index (Phi) is 37.7. The minimum Gasteiger partial charge on any atom is -0.565 e. The fourth-order valence-corrected chi connectivity index (χ4v) is 0. The Morgan fingerprint density at radius 3 is 1.30 bits per heavy atom. The third-order valence-corrected chi connectivity index (χ3v) is 0. The standard InChI is InChI=1S/C2H4O2.CH2O3.K.Na/c1-2(3)4;2-1(3)4;;/h1H3,(H,3,4);(H2,2,3,4);;/q;;2*+1/p-2. The van der Waals surface area contributed by atoms with E-state index in [0.29, 0.717) is 0 Å². The van der Waals surface area contributed by atoms with Crippen LogP contribution in [0.25, 0.3) is 0 Å². The molecule has 0 heterocycles. The zero-order valence-electron chi connectivity index (χ0n) is 6.08. The predicted octanol–water partition coefficient (Wildman–Crippen LogP) is -8.35. The summed E-state index contributed by atoms with van der Waals surface area (Å²) < 4.78 is 0. The van der Waals surface area contributed by atoms with Gasteiger partial charge in [-0.1, -0.05) is 0 Å². The number of carbonyl (C=O) groups excluding carboxylic acids is 1. The largest absolute Gasteiger partial charge is 1.00 e. The van der Waals surface area contributed by atoms with E-state index in [1.165, 1.54) is 0 Å². The first-order valence-corrected chi connectivity index (χ1v) is 1.54. The zero-order valence-corrected chi connectivity index (χ0v) is 11.2. The monoisotopic (exact) mass is 182 g/mol. The Hall–Kier alpha value is 1.38. The summed E-state index contributed by atoms with van der Waals surface area (Å²) in [5.41, 5.74) is 0. The first-order chi connectivity index (χ1) is 3.46. The Bertz CT molecular complexity index is 74.9. The fraction of sp³-hybridized carbons (Fsp3) is 0.333. The van der Waals surface area contributed by atoms with E-state index < -0.39 is 12.1 Å². The Morgan fingerprint density at radius 2 is 1.30 bits per heavy atom. The SMILES string of the molecule is CC(=O)[O-].O=C([O-])O.[K+].[Na+]. The quantitative estimate of drug-likeness (QED) is 0.375. The molecular formula is C3H4KNaO5. The minimum atomic E-state index is -2.08. The molecule has 0 aromatic carbocycles. The van der Waals surface area contributed by atoms with Crippen molar-refractivity contribution in [2.45, 2.75) is 6.92 Å². The van der Waals surface area contributed by atoms with Gasteiger partial charge in [0.05, 0.1) is 0 Å². The second-order valence-electron chi connectivity index (χ2n) is 0.757. The van der Waals surface area contributed by atoms with Crippen molar-refractivity contribution >= 4 is 12.1 Å². The topological polar surface area (TPSA) is 100 Å². The third kappa shape index (κ3) is 347. The normalized spacial score (nSPS) is 4.90. The molecule has 0 aliphatic carbocycles. The van der Waals surface area contributed by atoms with E-state index in [1.807, 2.05) is 0 Å². The van der Waals surface area contributed by atoms with Crippen molar-refractivity contribution in [3.05, 3.63) is 0 Å². The Morgan fingerprint density at radius 1 is 1.30 bits per heavy atom. The van der Waals surface area contributed by atoms with Gasteiger partial charge in [0, 0.05) is 5.97 Å². The van der Waals surface area contributed by atoms with E-state index in [9.17, 15) is 0 Å². The minimum absolute atomic E-state index is 0. The molecule has 0 radical (unpaired) electrons. The van der Waals surface area contributed by atoms with Crippen LogP contribution in [0.15, 0.2) is 0 Å². The van der Waals surface area contributed by atoms with Gasteiger partial charge in [0.25, 0.3) is 0 Å². The average molecular weight is 182 g/mol. The van der Waals surface area contributed by atoms with Gasteiger partial charge in [-0.15, -0.1) is 0 Å². The van der Waals surface area contributed by atoms with Crippen LogP contribution < -0.4 is 91.2 Å². The van der Waals surface area contributed by atoms with Crippen molar-refractivity contribution in [3.8, 4) is 0 Å². The van der Waals surface area contributed by atoms with Crippen molar-refractivity contribution in [2.75, 3.05) is 0 Å². The molecule has 5 nitrogen and oxygen atoms in total. The van der Waals surface area contributed by atoms with E-state index in [4.69, 9.17) is 24.9 Å². The maximum Gasteiger partial charge on any atom is 1.00 e. The van der Waals surface area contributed by atoms with E-state index in [-0.39, 0.29) is 80.9 Å². The van der Waals surface area contributed by atoms with Crippen LogP contribution >= 0.6 is 0 Å². The number of aliphatic carboxylic acids is 1. The molecule has 0 atom stereocenters. The molecule has 0 aromatic rings. The summed E-state index contributed by atoms with van der Waals surface area (Å²) in [4.78, 5) is 17.3. The molecule has 0 aliphatic heterocycles. The first kappa shape index (κ1) is 22.5. The van der Waals surface area contributed by atoms with E-state index in [2.05, 4.69) is 0 Å². The molecule has 48 valence electrons. The molecule has 0 amide bonds. The molecule has 0 fully saturated rings. The molecule has 0 aromatic heterocycles. The Balaban J connectivity index is -0.0000000300. The van der Waals surface area contributed by atoms with Gasteiger partial charge < -0.3 is 24.9 Å². The molecule has 0 saturated heterocycles. The first-order valence-electron chi connectivity index (χ1n) is 1.54. The maximum absolute atomic E-state index is 8.89. The van der Waals surface area contributed by atoms with E-state index in [0.717, 1.165) is 6.92 Å². The number of carbonyl (C=O) groups is 2. The zero-order chi connectivity index (χ0) is 7.15. The molecule has 0 spiro atoms. The van der Waals surface area contributed by atoms with Gasteiger partial charge >= 0.3 is 80.9 Å². The van der Waals surface area contributed by atoms with Gasteiger partial charge in [-0.25, -0.2) is 0 Å². The summed E-state index contributed by atoms with van der Waals surface area (Å²) in [5.74, 6) is -1.08. The summed E-state index contributed by atoms with van der Waals surface area (Å²) in [6, 6.07) is 0. The number of carboxylic acids is 1. The second kappa shape index (κ2) is 16.8. The number of rotatable bonds is 0. The van der Waals surface area contributed by atoms with Crippen LogP contribution in [0, 0.1) is 0 Å². The summed E-state index contributed by atoms with van der Waals surface area (Å²) in [5, 5.41) is 24.2. The Labute approximate surface area is 123 Å². The third-order valence-electron chi connectivity index (χ3n) is 0. The van der Waals surface area contributed by atoms with Crippen molar-refractivity contribution in [1.29, 1.82) is 0 Å².